The summed E-state index contributed by atoms with van der Waals surface area (Å²) in [6.07, 6.45) is 3.01. The molecule has 1 aliphatic carbocycles. The second-order valence-corrected chi connectivity index (χ2v) is 6.88. The molecule has 138 valence electrons. The normalized spacial score (nSPS) is 22.4. The topological polar surface area (TPSA) is 110 Å². The van der Waals surface area contributed by atoms with Crippen molar-refractivity contribution in [2.45, 2.75) is 38.0 Å². The first-order valence-corrected chi connectivity index (χ1v) is 9.04. The van der Waals surface area contributed by atoms with Crippen LogP contribution in [0.3, 0.4) is 0 Å². The van der Waals surface area contributed by atoms with E-state index in [-0.39, 0.29) is 12.0 Å². The fourth-order valence-corrected chi connectivity index (χ4v) is 3.74. The molecule has 1 fully saturated rings. The maximum absolute atomic E-state index is 9.88. The molecular formula is C20H21N5O2. The molecule has 7 nitrogen and oxygen atoms in total. The number of aliphatic hydroxyl groups is 1. The van der Waals surface area contributed by atoms with Crippen molar-refractivity contribution < 1.29 is 9.84 Å². The van der Waals surface area contributed by atoms with Gasteiger partial charge in [-0.05, 0) is 30.9 Å². The first-order valence-electron chi connectivity index (χ1n) is 9.04. The minimum Gasteiger partial charge on any atom is -0.472 e. The van der Waals surface area contributed by atoms with Gasteiger partial charge in [-0.15, -0.1) is 0 Å². The third kappa shape index (κ3) is 3.32. The van der Waals surface area contributed by atoms with Gasteiger partial charge < -0.3 is 15.6 Å². The second kappa shape index (κ2) is 7.25. The van der Waals surface area contributed by atoms with Crippen LogP contribution in [0.2, 0.25) is 0 Å². The van der Waals surface area contributed by atoms with E-state index in [2.05, 4.69) is 16.2 Å². The average molecular weight is 363 g/mol. The number of fused-ring (bicyclic) bond motifs is 1. The lowest BCUT2D eigenvalue weighted by atomic mass is 9.84. The fraction of sp³-hybridized carbons (Fsp3) is 0.350. The highest BCUT2D eigenvalue weighted by molar-refractivity contribution is 5.93. The largest absolute Gasteiger partial charge is 0.472 e. The Morgan fingerprint density at radius 2 is 2.07 bits per heavy atom. The van der Waals surface area contributed by atoms with Gasteiger partial charge in [0.25, 0.3) is 0 Å². The lowest BCUT2D eigenvalue weighted by Gasteiger charge is -2.30. The highest BCUT2D eigenvalue weighted by atomic mass is 16.5. The number of nitriles is 1. The molecule has 0 saturated heterocycles. The highest BCUT2D eigenvalue weighted by Gasteiger charge is 2.33. The van der Waals surface area contributed by atoms with Crippen LogP contribution in [0.25, 0.3) is 10.9 Å². The number of nitrogen functional groups attached to an aromatic ring is 1. The number of hydrogen-bond donors (Lipinski definition) is 2. The van der Waals surface area contributed by atoms with Crippen LogP contribution in [0.4, 0.5) is 5.82 Å². The van der Waals surface area contributed by atoms with Gasteiger partial charge in [0.05, 0.1) is 29.6 Å². The van der Waals surface area contributed by atoms with E-state index in [1.807, 2.05) is 41.1 Å². The average Bonchev–Trinajstić information content (AvgIpc) is 3.04. The zero-order chi connectivity index (χ0) is 18.8. The Morgan fingerprint density at radius 1 is 1.26 bits per heavy atom. The molecule has 0 spiro atoms. The van der Waals surface area contributed by atoms with E-state index in [9.17, 15) is 10.4 Å². The third-order valence-corrected chi connectivity index (χ3v) is 5.10. The van der Waals surface area contributed by atoms with Gasteiger partial charge in [-0.2, -0.15) is 10.4 Å². The Bertz CT molecular complexity index is 979. The number of aliphatic hydroxyl groups excluding tert-OH is 1. The number of pyridine rings is 1. The van der Waals surface area contributed by atoms with Gasteiger partial charge in [0.1, 0.15) is 12.0 Å². The predicted octanol–water partition coefficient (Wildman–Crippen LogP) is 2.82. The molecule has 0 aliphatic heterocycles. The van der Waals surface area contributed by atoms with Gasteiger partial charge in [-0.25, -0.2) is 4.98 Å². The molecule has 0 radical (unpaired) electrons. The maximum Gasteiger partial charge on any atom is 0.227 e. The van der Waals surface area contributed by atoms with E-state index in [1.54, 1.807) is 6.20 Å². The number of nitrogens with zero attached hydrogens (tertiary/aromatic N) is 4. The van der Waals surface area contributed by atoms with Crippen molar-refractivity contribution in [2.24, 2.45) is 5.92 Å². The molecule has 2 heterocycles. The molecule has 3 N–H and O–H groups in total. The van der Waals surface area contributed by atoms with E-state index < -0.39 is 6.10 Å². The van der Waals surface area contributed by atoms with Crippen LogP contribution in [0, 0.1) is 17.2 Å². The number of rotatable bonds is 4. The summed E-state index contributed by atoms with van der Waals surface area (Å²) in [6.45, 7) is 0.383. The van der Waals surface area contributed by atoms with Crippen molar-refractivity contribution in [3.8, 4) is 11.9 Å². The number of nitrogens with two attached hydrogens (primary N) is 1. The van der Waals surface area contributed by atoms with Crippen LogP contribution >= 0.6 is 0 Å². The molecule has 0 bridgehead atoms. The number of ether oxygens (including phenoxy) is 1. The minimum absolute atomic E-state index is 0.123. The van der Waals surface area contributed by atoms with Crippen molar-refractivity contribution in [3.63, 3.8) is 0 Å². The van der Waals surface area contributed by atoms with E-state index in [0.717, 1.165) is 11.1 Å². The molecule has 1 aromatic carbocycles. The molecule has 1 saturated carbocycles. The first kappa shape index (κ1) is 17.3. The van der Waals surface area contributed by atoms with Gasteiger partial charge in [-0.3, -0.25) is 4.68 Å². The van der Waals surface area contributed by atoms with E-state index >= 15 is 0 Å². The van der Waals surface area contributed by atoms with Gasteiger partial charge in [-0.1, -0.05) is 30.3 Å². The Hall–Kier alpha value is -3.11. The van der Waals surface area contributed by atoms with Crippen LogP contribution in [0.5, 0.6) is 5.88 Å². The van der Waals surface area contributed by atoms with Gasteiger partial charge >= 0.3 is 0 Å². The molecule has 3 aromatic rings. The lowest BCUT2D eigenvalue weighted by molar-refractivity contribution is 0.0876. The molecule has 4 rings (SSSR count). The Balaban J connectivity index is 1.68. The zero-order valence-corrected chi connectivity index (χ0v) is 14.8. The smallest absolute Gasteiger partial charge is 0.227 e. The van der Waals surface area contributed by atoms with Crippen molar-refractivity contribution >= 4 is 16.7 Å². The highest BCUT2D eigenvalue weighted by Crippen LogP contribution is 2.38. The predicted molar refractivity (Wildman–Crippen MR) is 101 cm³/mol. The van der Waals surface area contributed by atoms with E-state index in [1.165, 1.54) is 0 Å². The Morgan fingerprint density at radius 3 is 2.85 bits per heavy atom. The summed E-state index contributed by atoms with van der Waals surface area (Å²) in [7, 11) is 0. The zero-order valence-electron chi connectivity index (χ0n) is 14.8. The summed E-state index contributed by atoms with van der Waals surface area (Å²) in [5.41, 5.74) is 8.02. The van der Waals surface area contributed by atoms with Crippen LogP contribution in [-0.4, -0.2) is 26.0 Å². The molecule has 3 atom stereocenters. The van der Waals surface area contributed by atoms with Gasteiger partial charge in [0.15, 0.2) is 5.82 Å². The van der Waals surface area contributed by atoms with Crippen molar-refractivity contribution in [2.75, 3.05) is 5.73 Å². The summed E-state index contributed by atoms with van der Waals surface area (Å²) in [6, 6.07) is 13.9. The molecule has 1 aliphatic rings. The summed E-state index contributed by atoms with van der Waals surface area (Å²) in [5.74, 6) is 0.464. The number of hydrogen-bond acceptors (Lipinski definition) is 6. The molecule has 7 heteroatoms. The van der Waals surface area contributed by atoms with Crippen LogP contribution in [0.1, 0.15) is 30.9 Å². The van der Waals surface area contributed by atoms with Crippen molar-refractivity contribution in [1.82, 2.24) is 14.8 Å². The van der Waals surface area contributed by atoms with Gasteiger partial charge in [0.2, 0.25) is 5.88 Å². The molecular weight excluding hydrogens is 342 g/mol. The standard InChI is InChI=1S/C20H21N5O2/c21-11-14-10-15(26)6-7-16(14)25-17-8-9-23-20(18(17)19(22)24-25)27-12-13-4-2-1-3-5-13/h1-5,8-9,14-16,26H,6-7,10,12H2,(H2,22,24)/t14-,15-,16+/m0/s1. The maximum atomic E-state index is 9.88. The molecule has 0 unspecified atom stereocenters. The second-order valence-electron chi connectivity index (χ2n) is 6.88. The minimum atomic E-state index is -0.434. The van der Waals surface area contributed by atoms with Gasteiger partial charge in [0, 0.05) is 6.20 Å². The first-order chi connectivity index (χ1) is 13.2. The Labute approximate surface area is 157 Å². The van der Waals surface area contributed by atoms with Crippen molar-refractivity contribution in [3.05, 3.63) is 48.2 Å². The fourth-order valence-electron chi connectivity index (χ4n) is 3.74. The summed E-state index contributed by atoms with van der Waals surface area (Å²) < 4.78 is 7.71. The summed E-state index contributed by atoms with van der Waals surface area (Å²) >= 11 is 0. The quantitative estimate of drug-likeness (QED) is 0.737. The van der Waals surface area contributed by atoms with Crippen LogP contribution in [0.15, 0.2) is 42.6 Å². The third-order valence-electron chi connectivity index (χ3n) is 5.10. The molecule has 27 heavy (non-hydrogen) atoms. The summed E-state index contributed by atoms with van der Waals surface area (Å²) in [4.78, 5) is 4.33. The number of anilines is 1. The monoisotopic (exact) mass is 363 g/mol. The molecule has 0 amide bonds. The van der Waals surface area contributed by atoms with Crippen LogP contribution in [-0.2, 0) is 6.61 Å². The SMILES string of the molecule is N#C[C@@H]1C[C@@H](O)CC[C@H]1n1nc(N)c2c(OCc3ccccc3)nccc21. The number of benzene rings is 1. The molecule has 2 aromatic heterocycles. The van der Waals surface area contributed by atoms with E-state index in [0.29, 0.717) is 43.0 Å². The Kier molecular flexibility index (Phi) is 4.65. The number of aromatic nitrogens is 3. The lowest BCUT2D eigenvalue weighted by Crippen LogP contribution is -2.29. The summed E-state index contributed by atoms with van der Waals surface area (Å²) in [5, 5.41) is 24.6. The van der Waals surface area contributed by atoms with E-state index in [4.69, 9.17) is 10.5 Å². The van der Waals surface area contributed by atoms with Crippen LogP contribution < -0.4 is 10.5 Å². The van der Waals surface area contributed by atoms with Crippen molar-refractivity contribution in [1.29, 1.82) is 5.26 Å².